The fourth-order valence-corrected chi connectivity index (χ4v) is 0. The molecule has 0 saturated carbocycles. The van der Waals surface area contributed by atoms with Gasteiger partial charge in [-0.2, -0.15) is 0 Å². The number of rotatable bonds is 0. The standard InChI is InChI=1S/2Al.Ni.4H2O4S/c;;;4*1-5(2,3)4/h;;;4*(H2,1,2,3,4)/q2*+3;+2;;;;/p-8. The van der Waals surface area contributed by atoms with E-state index in [9.17, 15) is 0 Å². The number of hydrogen-bond acceptors (Lipinski definition) is 16. The summed E-state index contributed by atoms with van der Waals surface area (Å²) in [5.74, 6) is 0. The second-order valence-electron chi connectivity index (χ2n) is 1.63. The minimum atomic E-state index is -5.17. The molecule has 0 saturated heterocycles. The summed E-state index contributed by atoms with van der Waals surface area (Å²) in [7, 11) is -20.7. The van der Waals surface area contributed by atoms with Gasteiger partial charge in [-0.25, -0.2) is 0 Å². The molecule has 0 unspecified atom stereocenters. The molecule has 23 heavy (non-hydrogen) atoms. The molecule has 0 aliphatic carbocycles. The van der Waals surface area contributed by atoms with Gasteiger partial charge < -0.3 is 36.4 Å². The van der Waals surface area contributed by atoms with E-state index in [1.165, 1.54) is 0 Å². The van der Waals surface area contributed by atoms with Crippen molar-refractivity contribution < 1.29 is 86.6 Å². The zero-order chi connectivity index (χ0) is 18.0. The van der Waals surface area contributed by atoms with Gasteiger partial charge in [0.15, 0.2) is 0 Å². The van der Waals surface area contributed by atoms with Crippen LogP contribution in [-0.2, 0) is 58.1 Å². The Labute approximate surface area is 162 Å². The van der Waals surface area contributed by atoms with Crippen molar-refractivity contribution in [3.63, 3.8) is 0 Å². The molecule has 0 aromatic heterocycles. The molecule has 0 rings (SSSR count). The molecule has 136 valence electrons. The Bertz CT molecular complexity index is 483. The van der Waals surface area contributed by atoms with E-state index in [0.29, 0.717) is 0 Å². The maximum absolute atomic E-state index is 8.52. The molecule has 0 amide bonds. The summed E-state index contributed by atoms with van der Waals surface area (Å²) in [4.78, 5) is 0. The smallest absolute Gasteiger partial charge is 0.759 e. The molecule has 0 radical (unpaired) electrons. The normalized spacial score (nSPS) is 10.1. The molecule has 0 aromatic rings. The van der Waals surface area contributed by atoms with Gasteiger partial charge in [0.2, 0.25) is 0 Å². The Hall–Kier alpha value is 1.04. The molecule has 0 aliphatic heterocycles. The minimum absolute atomic E-state index is 0. The zero-order valence-corrected chi connectivity index (χ0v) is 16.2. The largest absolute Gasteiger partial charge is 3.00 e. The van der Waals surface area contributed by atoms with Crippen molar-refractivity contribution in [2.75, 3.05) is 0 Å². The van der Waals surface area contributed by atoms with E-state index < -0.39 is 41.6 Å². The molecule has 16 nitrogen and oxygen atoms in total. The van der Waals surface area contributed by atoms with Crippen LogP contribution >= 0.6 is 0 Å². The molecule has 0 atom stereocenters. The summed E-state index contributed by atoms with van der Waals surface area (Å²) in [6.07, 6.45) is 0. The molecule has 0 N–H and O–H groups in total. The first kappa shape index (κ1) is 43.9. The van der Waals surface area contributed by atoms with Crippen molar-refractivity contribution in [3.05, 3.63) is 0 Å². The average Bonchev–Trinajstić information content (AvgIpc) is 1.62. The van der Waals surface area contributed by atoms with Gasteiger partial charge in [-0.15, -0.1) is 0 Å². The summed E-state index contributed by atoms with van der Waals surface area (Å²) in [6.45, 7) is 0. The first-order valence-electron chi connectivity index (χ1n) is 2.67. The maximum Gasteiger partial charge on any atom is 3.00 e. The predicted octanol–water partition coefficient (Wildman–Crippen LogP) is -6.12. The quantitative estimate of drug-likeness (QED) is 0.171. The van der Waals surface area contributed by atoms with Crippen LogP contribution in [0, 0.1) is 0 Å². The van der Waals surface area contributed by atoms with E-state index in [1.807, 2.05) is 0 Å². The van der Waals surface area contributed by atoms with Crippen molar-refractivity contribution >= 4 is 76.3 Å². The second kappa shape index (κ2) is 17.8. The molecular weight excluding hydrogens is 497 g/mol. The van der Waals surface area contributed by atoms with Crippen molar-refractivity contribution in [2.24, 2.45) is 0 Å². The Morgan fingerprint density at radius 2 is 0.348 bits per heavy atom. The van der Waals surface area contributed by atoms with Gasteiger partial charge in [0.25, 0.3) is 0 Å². The summed E-state index contributed by atoms with van der Waals surface area (Å²) in [5.41, 5.74) is 0. The van der Waals surface area contributed by atoms with Crippen LogP contribution in [0.1, 0.15) is 0 Å². The predicted molar refractivity (Wildman–Crippen MR) is 53.4 cm³/mol. The third-order valence-corrected chi connectivity index (χ3v) is 0. The van der Waals surface area contributed by atoms with Crippen LogP contribution in [0.4, 0.5) is 0 Å². The van der Waals surface area contributed by atoms with E-state index in [0.717, 1.165) is 0 Å². The Balaban J connectivity index is -0.0000000284. The van der Waals surface area contributed by atoms with Crippen LogP contribution in [0.5, 0.6) is 0 Å². The van der Waals surface area contributed by atoms with E-state index in [1.54, 1.807) is 0 Å². The zero-order valence-electron chi connectivity index (χ0n) is 9.64. The van der Waals surface area contributed by atoms with Gasteiger partial charge >= 0.3 is 51.2 Å². The van der Waals surface area contributed by atoms with E-state index in [4.69, 9.17) is 70.1 Å². The van der Waals surface area contributed by atoms with Crippen molar-refractivity contribution in [1.82, 2.24) is 0 Å². The third kappa shape index (κ3) is 9460. The summed E-state index contributed by atoms with van der Waals surface area (Å²) >= 11 is 0. The van der Waals surface area contributed by atoms with Gasteiger partial charge in [-0.3, -0.25) is 33.7 Å². The molecule has 0 heterocycles. The molecule has 0 bridgehead atoms. The van der Waals surface area contributed by atoms with Crippen LogP contribution in [0.3, 0.4) is 0 Å². The van der Waals surface area contributed by atoms with Crippen LogP contribution in [-0.4, -0.2) is 105 Å². The summed E-state index contributed by atoms with van der Waals surface area (Å²) in [6, 6.07) is 0. The van der Waals surface area contributed by atoms with Crippen molar-refractivity contribution in [2.45, 2.75) is 0 Å². The van der Waals surface area contributed by atoms with Gasteiger partial charge in [-0.05, 0) is 0 Å². The average molecular weight is 497 g/mol. The fourth-order valence-electron chi connectivity index (χ4n) is 0. The molecule has 23 heteroatoms. The molecule has 0 aliphatic rings. The van der Waals surface area contributed by atoms with E-state index >= 15 is 0 Å². The van der Waals surface area contributed by atoms with Crippen LogP contribution in [0.2, 0.25) is 0 Å². The Kier molecular flexibility index (Phi) is 34.1. The fraction of sp³-hybridized carbons (Fsp3) is 0. The van der Waals surface area contributed by atoms with Gasteiger partial charge in [0.1, 0.15) is 0 Å². The molecular formula is Al2NiO16S4. The molecule has 0 spiro atoms. The van der Waals surface area contributed by atoms with Crippen LogP contribution < -0.4 is 0 Å². The second-order valence-corrected chi connectivity index (χ2v) is 4.90. The molecule has 0 aromatic carbocycles. The monoisotopic (exact) mass is 496 g/mol. The Morgan fingerprint density at radius 3 is 0.348 bits per heavy atom. The van der Waals surface area contributed by atoms with Crippen LogP contribution in [0.25, 0.3) is 0 Å². The van der Waals surface area contributed by atoms with Gasteiger partial charge in [0.05, 0.1) is 0 Å². The summed E-state index contributed by atoms with van der Waals surface area (Å²) < 4.78 is 136. The van der Waals surface area contributed by atoms with Crippen molar-refractivity contribution in [3.8, 4) is 0 Å². The third-order valence-electron chi connectivity index (χ3n) is 0. The van der Waals surface area contributed by atoms with E-state index in [-0.39, 0.29) is 51.2 Å². The first-order chi connectivity index (χ1) is 8.00. The Morgan fingerprint density at radius 1 is 0.348 bits per heavy atom. The number of hydrogen-bond donors (Lipinski definition) is 0. The van der Waals surface area contributed by atoms with Crippen LogP contribution in [0.15, 0.2) is 0 Å². The van der Waals surface area contributed by atoms with Gasteiger partial charge in [-0.1, -0.05) is 0 Å². The minimum Gasteiger partial charge on any atom is -0.759 e. The van der Waals surface area contributed by atoms with Crippen molar-refractivity contribution in [1.29, 1.82) is 0 Å². The SMILES string of the molecule is O=S(=O)([O-])[O-].O=S(=O)([O-])[O-].O=S(=O)([O-])[O-].O=S(=O)([O-])[O-].[Al+3].[Al+3].[Ni+2]. The van der Waals surface area contributed by atoms with Gasteiger partial charge in [0, 0.05) is 41.6 Å². The first-order valence-corrected chi connectivity index (χ1v) is 8.00. The molecule has 0 fully saturated rings. The maximum atomic E-state index is 8.52. The van der Waals surface area contributed by atoms with E-state index in [2.05, 4.69) is 0 Å². The summed E-state index contributed by atoms with van der Waals surface area (Å²) in [5, 5.41) is 0. The topological polar surface area (TPSA) is 321 Å².